The zero-order valence-corrected chi connectivity index (χ0v) is 10.7. The van der Waals surface area contributed by atoms with Crippen molar-refractivity contribution < 1.29 is 9.53 Å². The summed E-state index contributed by atoms with van der Waals surface area (Å²) in [5, 5.41) is 2.29. The molecule has 0 aliphatic carbocycles. The molecular formula is C15H17NO2. The quantitative estimate of drug-likeness (QED) is 0.826. The smallest absolute Gasteiger partial charge is 0.260 e. The van der Waals surface area contributed by atoms with Crippen molar-refractivity contribution in [2.24, 2.45) is 0 Å². The van der Waals surface area contributed by atoms with E-state index in [1.807, 2.05) is 43.3 Å². The molecule has 2 aromatic carbocycles. The van der Waals surface area contributed by atoms with Gasteiger partial charge in [-0.2, -0.15) is 0 Å². The molecule has 2 aromatic rings. The summed E-state index contributed by atoms with van der Waals surface area (Å²) in [4.78, 5) is 13.3. The third-order valence-electron chi connectivity index (χ3n) is 2.98. The van der Waals surface area contributed by atoms with E-state index in [-0.39, 0.29) is 12.5 Å². The van der Waals surface area contributed by atoms with E-state index in [9.17, 15) is 4.79 Å². The van der Waals surface area contributed by atoms with Crippen LogP contribution in [0.4, 0.5) is 0 Å². The Kier molecular flexibility index (Phi) is 3.82. The zero-order valence-electron chi connectivity index (χ0n) is 10.7. The minimum absolute atomic E-state index is 0.00865. The number of carbonyl (C=O) groups is 1. The van der Waals surface area contributed by atoms with Gasteiger partial charge in [-0.15, -0.1) is 0 Å². The first kappa shape index (κ1) is 12.4. The fourth-order valence-electron chi connectivity index (χ4n) is 1.69. The number of nitrogens with zero attached hydrogens (tertiary/aromatic N) is 1. The molecule has 0 heterocycles. The predicted octanol–water partition coefficient (Wildman–Crippen LogP) is 2.70. The van der Waals surface area contributed by atoms with Crippen LogP contribution in [-0.2, 0) is 4.79 Å². The van der Waals surface area contributed by atoms with Gasteiger partial charge in [0.25, 0.3) is 5.91 Å². The number of amides is 1. The third kappa shape index (κ3) is 2.80. The van der Waals surface area contributed by atoms with Crippen molar-refractivity contribution in [1.82, 2.24) is 4.90 Å². The van der Waals surface area contributed by atoms with Crippen LogP contribution in [0.3, 0.4) is 0 Å². The molecule has 1 amide bonds. The first-order valence-electron chi connectivity index (χ1n) is 6.06. The second-order valence-corrected chi connectivity index (χ2v) is 4.21. The van der Waals surface area contributed by atoms with Gasteiger partial charge in [0.15, 0.2) is 6.61 Å². The number of benzene rings is 2. The summed E-state index contributed by atoms with van der Waals surface area (Å²) in [6, 6.07) is 13.9. The molecular weight excluding hydrogens is 226 g/mol. The average molecular weight is 243 g/mol. The Labute approximate surface area is 107 Å². The standard InChI is InChI=1S/C15H17NO2/c1-3-16(2)15(17)11-18-14-9-8-12-6-4-5-7-13(12)10-14/h4-10H,3,11H2,1-2H3. The topological polar surface area (TPSA) is 29.5 Å². The Bertz CT molecular complexity index is 551. The summed E-state index contributed by atoms with van der Waals surface area (Å²) >= 11 is 0. The second-order valence-electron chi connectivity index (χ2n) is 4.21. The Hall–Kier alpha value is -2.03. The van der Waals surface area contributed by atoms with Gasteiger partial charge in [0.2, 0.25) is 0 Å². The third-order valence-corrected chi connectivity index (χ3v) is 2.98. The van der Waals surface area contributed by atoms with E-state index < -0.39 is 0 Å². The van der Waals surface area contributed by atoms with E-state index in [4.69, 9.17) is 4.74 Å². The van der Waals surface area contributed by atoms with Crippen LogP contribution in [0.15, 0.2) is 42.5 Å². The van der Waals surface area contributed by atoms with Gasteiger partial charge in [-0.3, -0.25) is 4.79 Å². The van der Waals surface area contributed by atoms with E-state index in [0.717, 1.165) is 11.1 Å². The van der Waals surface area contributed by atoms with Crippen molar-refractivity contribution in [3.63, 3.8) is 0 Å². The van der Waals surface area contributed by atoms with Crippen LogP contribution in [0.2, 0.25) is 0 Å². The maximum atomic E-state index is 11.6. The molecule has 0 radical (unpaired) electrons. The molecule has 0 aliphatic heterocycles. The van der Waals surface area contributed by atoms with Gasteiger partial charge in [-0.05, 0) is 29.8 Å². The highest BCUT2D eigenvalue weighted by molar-refractivity contribution is 5.84. The first-order chi connectivity index (χ1) is 8.70. The zero-order chi connectivity index (χ0) is 13.0. The van der Waals surface area contributed by atoms with E-state index in [2.05, 4.69) is 6.07 Å². The van der Waals surface area contributed by atoms with E-state index in [0.29, 0.717) is 6.54 Å². The largest absolute Gasteiger partial charge is 0.484 e. The fourth-order valence-corrected chi connectivity index (χ4v) is 1.69. The van der Waals surface area contributed by atoms with Crippen molar-refractivity contribution >= 4 is 16.7 Å². The number of fused-ring (bicyclic) bond motifs is 1. The van der Waals surface area contributed by atoms with Crippen LogP contribution in [0.25, 0.3) is 10.8 Å². The lowest BCUT2D eigenvalue weighted by Gasteiger charge is -2.14. The number of hydrogen-bond acceptors (Lipinski definition) is 2. The Morgan fingerprint density at radius 3 is 2.61 bits per heavy atom. The molecule has 0 bridgehead atoms. The van der Waals surface area contributed by atoms with Gasteiger partial charge >= 0.3 is 0 Å². The highest BCUT2D eigenvalue weighted by Gasteiger charge is 2.07. The van der Waals surface area contributed by atoms with Gasteiger partial charge in [0.05, 0.1) is 0 Å². The summed E-state index contributed by atoms with van der Waals surface area (Å²) in [5.41, 5.74) is 0. The number of rotatable bonds is 4. The van der Waals surface area contributed by atoms with Crippen molar-refractivity contribution in [2.75, 3.05) is 20.2 Å². The molecule has 0 saturated heterocycles. The number of carbonyl (C=O) groups excluding carboxylic acids is 1. The van der Waals surface area contributed by atoms with Gasteiger partial charge in [-0.1, -0.05) is 30.3 Å². The predicted molar refractivity (Wildman–Crippen MR) is 72.8 cm³/mol. The summed E-state index contributed by atoms with van der Waals surface area (Å²) < 4.78 is 5.51. The van der Waals surface area contributed by atoms with Crippen LogP contribution in [0.1, 0.15) is 6.92 Å². The molecule has 18 heavy (non-hydrogen) atoms. The molecule has 0 aliphatic rings. The lowest BCUT2D eigenvalue weighted by atomic mass is 10.1. The molecule has 0 spiro atoms. The summed E-state index contributed by atoms with van der Waals surface area (Å²) in [6.45, 7) is 2.72. The highest BCUT2D eigenvalue weighted by Crippen LogP contribution is 2.20. The van der Waals surface area contributed by atoms with E-state index in [1.165, 1.54) is 5.39 Å². The van der Waals surface area contributed by atoms with Crippen LogP contribution in [0.5, 0.6) is 5.75 Å². The number of likely N-dealkylation sites (N-methyl/N-ethyl adjacent to an activating group) is 1. The summed E-state index contributed by atoms with van der Waals surface area (Å²) in [7, 11) is 1.77. The van der Waals surface area contributed by atoms with Crippen molar-refractivity contribution in [3.8, 4) is 5.75 Å². The minimum atomic E-state index is -0.00865. The summed E-state index contributed by atoms with van der Waals surface area (Å²) in [6.07, 6.45) is 0. The normalized spacial score (nSPS) is 10.3. The Morgan fingerprint density at radius 2 is 1.89 bits per heavy atom. The van der Waals surface area contributed by atoms with Crippen molar-refractivity contribution in [2.45, 2.75) is 6.92 Å². The molecule has 2 rings (SSSR count). The molecule has 0 saturated carbocycles. The molecule has 3 nitrogen and oxygen atoms in total. The monoisotopic (exact) mass is 243 g/mol. The van der Waals surface area contributed by atoms with Crippen molar-refractivity contribution in [3.05, 3.63) is 42.5 Å². The lowest BCUT2D eigenvalue weighted by Crippen LogP contribution is -2.31. The maximum Gasteiger partial charge on any atom is 0.260 e. The number of hydrogen-bond donors (Lipinski definition) is 0. The number of ether oxygens (including phenoxy) is 1. The molecule has 0 aromatic heterocycles. The average Bonchev–Trinajstić information content (AvgIpc) is 2.43. The minimum Gasteiger partial charge on any atom is -0.484 e. The molecule has 0 atom stereocenters. The van der Waals surface area contributed by atoms with Crippen LogP contribution < -0.4 is 4.74 Å². The fraction of sp³-hybridized carbons (Fsp3) is 0.267. The molecule has 3 heteroatoms. The second kappa shape index (κ2) is 5.54. The Balaban J connectivity index is 2.06. The van der Waals surface area contributed by atoms with Gasteiger partial charge in [0, 0.05) is 13.6 Å². The molecule has 0 unspecified atom stereocenters. The van der Waals surface area contributed by atoms with Gasteiger partial charge in [-0.25, -0.2) is 0 Å². The Morgan fingerprint density at radius 1 is 1.17 bits per heavy atom. The van der Waals surface area contributed by atoms with E-state index in [1.54, 1.807) is 11.9 Å². The molecule has 94 valence electrons. The van der Waals surface area contributed by atoms with Crippen LogP contribution in [-0.4, -0.2) is 31.0 Å². The van der Waals surface area contributed by atoms with Crippen molar-refractivity contribution in [1.29, 1.82) is 0 Å². The van der Waals surface area contributed by atoms with Crippen LogP contribution >= 0.6 is 0 Å². The van der Waals surface area contributed by atoms with Gasteiger partial charge < -0.3 is 9.64 Å². The van der Waals surface area contributed by atoms with E-state index >= 15 is 0 Å². The molecule has 0 N–H and O–H groups in total. The van der Waals surface area contributed by atoms with Gasteiger partial charge in [0.1, 0.15) is 5.75 Å². The van der Waals surface area contributed by atoms with Crippen LogP contribution in [0, 0.1) is 0 Å². The highest BCUT2D eigenvalue weighted by atomic mass is 16.5. The molecule has 0 fully saturated rings. The maximum absolute atomic E-state index is 11.6. The lowest BCUT2D eigenvalue weighted by molar-refractivity contribution is -0.131. The SMILES string of the molecule is CCN(C)C(=O)COc1ccc2ccccc2c1. The first-order valence-corrected chi connectivity index (χ1v) is 6.06. The summed E-state index contributed by atoms with van der Waals surface area (Å²) in [5.74, 6) is 0.720.